The third-order valence-electron chi connectivity index (χ3n) is 4.39. The summed E-state index contributed by atoms with van der Waals surface area (Å²) in [6, 6.07) is 10.3. The van der Waals surface area contributed by atoms with E-state index in [-0.39, 0.29) is 35.6 Å². The van der Waals surface area contributed by atoms with E-state index in [0.717, 1.165) is 0 Å². The molecule has 0 radical (unpaired) electrons. The number of thioether (sulfide) groups is 1. The molecule has 2 N–H and O–H groups in total. The Morgan fingerprint density at radius 3 is 2.71 bits per heavy atom. The molecule has 10 heteroatoms. The average Bonchev–Trinajstić information content (AvgIpc) is 2.74. The maximum atomic E-state index is 12.8. The summed E-state index contributed by atoms with van der Waals surface area (Å²) in [5.41, 5.74) is 6.27. The smallest absolute Gasteiger partial charge is 0.340 e. The Morgan fingerprint density at radius 2 is 2.03 bits per heavy atom. The summed E-state index contributed by atoms with van der Waals surface area (Å²) in [5.74, 6) is -0.735. The normalized spacial score (nSPS) is 10.6. The van der Waals surface area contributed by atoms with Gasteiger partial charge in [0.25, 0.3) is 5.56 Å². The number of aromatic nitrogens is 3. The van der Waals surface area contributed by atoms with Crippen LogP contribution < -0.4 is 11.3 Å². The van der Waals surface area contributed by atoms with Gasteiger partial charge in [-0.05, 0) is 32.0 Å². The number of nitrogens with two attached hydrogens (primary N) is 1. The number of benzene rings is 1. The molecular weight excluding hydrogens is 418 g/mol. The van der Waals surface area contributed by atoms with Crippen LogP contribution in [0.3, 0.4) is 0 Å². The lowest BCUT2D eigenvalue weighted by molar-refractivity contribution is -0.118. The molecule has 1 amide bonds. The van der Waals surface area contributed by atoms with Gasteiger partial charge in [0.05, 0.1) is 40.1 Å². The number of carbonyl (C=O) groups is 2. The van der Waals surface area contributed by atoms with Gasteiger partial charge in [0.15, 0.2) is 0 Å². The minimum absolute atomic E-state index is 0.160. The van der Waals surface area contributed by atoms with Crippen LogP contribution in [0.4, 0.5) is 0 Å². The van der Waals surface area contributed by atoms with Gasteiger partial charge in [-0.15, -0.1) is 0 Å². The van der Waals surface area contributed by atoms with Crippen molar-refractivity contribution in [2.75, 3.05) is 6.61 Å². The van der Waals surface area contributed by atoms with Crippen molar-refractivity contribution in [3.63, 3.8) is 0 Å². The summed E-state index contributed by atoms with van der Waals surface area (Å²) >= 11 is 1.17. The van der Waals surface area contributed by atoms with Crippen molar-refractivity contribution in [1.82, 2.24) is 14.5 Å². The molecule has 0 spiro atoms. The summed E-state index contributed by atoms with van der Waals surface area (Å²) in [6.07, 6.45) is 0. The summed E-state index contributed by atoms with van der Waals surface area (Å²) in [7, 11) is 0. The lowest BCUT2D eigenvalue weighted by Gasteiger charge is -2.13. The Hall–Kier alpha value is -3.71. The number of hydrogen-bond acceptors (Lipinski definition) is 8. The minimum atomic E-state index is -0.670. The van der Waals surface area contributed by atoms with Gasteiger partial charge in [-0.3, -0.25) is 14.2 Å². The van der Waals surface area contributed by atoms with E-state index in [2.05, 4.69) is 9.97 Å². The Balaban J connectivity index is 2.00. The van der Waals surface area contributed by atoms with E-state index in [1.165, 1.54) is 22.4 Å². The number of esters is 1. The molecule has 0 saturated carbocycles. The molecule has 0 bridgehead atoms. The number of nitrogens with zero attached hydrogens (tertiary/aromatic N) is 4. The van der Waals surface area contributed by atoms with Gasteiger partial charge in [-0.1, -0.05) is 23.9 Å². The standard InChI is InChI=1S/C21H19N5O4S/c1-3-30-21(29)15-8-13(9-22)19(24-12(15)2)31-11-18-25-16-7-5-4-6-14(16)20(28)26(18)10-17(23)27/h4-8H,3,10-11H2,1-2H3,(H2,23,27). The highest BCUT2D eigenvalue weighted by atomic mass is 32.2. The van der Waals surface area contributed by atoms with Gasteiger partial charge in [-0.2, -0.15) is 5.26 Å². The zero-order valence-corrected chi connectivity index (χ0v) is 17.7. The van der Waals surface area contributed by atoms with E-state index in [9.17, 15) is 19.6 Å². The zero-order valence-electron chi connectivity index (χ0n) is 16.9. The van der Waals surface area contributed by atoms with E-state index in [0.29, 0.717) is 27.4 Å². The largest absolute Gasteiger partial charge is 0.462 e. The highest BCUT2D eigenvalue weighted by molar-refractivity contribution is 7.98. The number of fused-ring (bicyclic) bond motifs is 1. The van der Waals surface area contributed by atoms with Crippen LogP contribution in [0.5, 0.6) is 0 Å². The quantitative estimate of drug-likeness (QED) is 0.436. The molecule has 158 valence electrons. The predicted octanol–water partition coefficient (Wildman–Crippen LogP) is 1.93. The van der Waals surface area contributed by atoms with E-state index in [1.54, 1.807) is 38.1 Å². The SMILES string of the molecule is CCOC(=O)c1cc(C#N)c(SCc2nc3ccccc3c(=O)n2CC(N)=O)nc1C. The second kappa shape index (κ2) is 9.40. The average molecular weight is 437 g/mol. The number of rotatable bonds is 7. The molecule has 9 nitrogen and oxygen atoms in total. The number of nitriles is 1. The van der Waals surface area contributed by atoms with Crippen molar-refractivity contribution in [2.45, 2.75) is 31.2 Å². The Labute approximate surface area is 181 Å². The molecule has 3 aromatic rings. The molecule has 0 saturated heterocycles. The topological polar surface area (TPSA) is 141 Å². The number of para-hydroxylation sites is 1. The summed E-state index contributed by atoms with van der Waals surface area (Å²) in [6.45, 7) is 3.24. The van der Waals surface area contributed by atoms with Gasteiger partial charge in [0.2, 0.25) is 5.91 Å². The number of amides is 1. The van der Waals surface area contributed by atoms with Crippen molar-refractivity contribution >= 4 is 34.5 Å². The Bertz CT molecular complexity index is 1280. The van der Waals surface area contributed by atoms with Gasteiger partial charge in [0.1, 0.15) is 23.5 Å². The fourth-order valence-electron chi connectivity index (χ4n) is 2.96. The number of hydrogen-bond donors (Lipinski definition) is 1. The van der Waals surface area contributed by atoms with Crippen molar-refractivity contribution < 1.29 is 14.3 Å². The van der Waals surface area contributed by atoms with Crippen molar-refractivity contribution in [2.24, 2.45) is 5.73 Å². The van der Waals surface area contributed by atoms with Crippen molar-refractivity contribution in [1.29, 1.82) is 5.26 Å². The van der Waals surface area contributed by atoms with E-state index in [1.807, 2.05) is 6.07 Å². The summed E-state index contributed by atoms with van der Waals surface area (Å²) < 4.78 is 6.22. The van der Waals surface area contributed by atoms with E-state index in [4.69, 9.17) is 10.5 Å². The first kappa shape index (κ1) is 22.0. The van der Waals surface area contributed by atoms with Gasteiger partial charge in [-0.25, -0.2) is 14.8 Å². The molecule has 3 rings (SSSR count). The highest BCUT2D eigenvalue weighted by Crippen LogP contribution is 2.26. The zero-order chi connectivity index (χ0) is 22.5. The second-order valence-electron chi connectivity index (χ2n) is 6.50. The van der Waals surface area contributed by atoms with Crippen LogP contribution in [-0.2, 0) is 21.8 Å². The Morgan fingerprint density at radius 1 is 1.29 bits per heavy atom. The first-order valence-electron chi connectivity index (χ1n) is 9.34. The molecule has 0 aliphatic carbocycles. The van der Waals surface area contributed by atoms with E-state index >= 15 is 0 Å². The molecular formula is C21H19N5O4S. The molecule has 0 unspecified atom stereocenters. The van der Waals surface area contributed by atoms with Gasteiger partial charge < -0.3 is 10.5 Å². The Kier molecular flexibility index (Phi) is 6.67. The number of carbonyl (C=O) groups excluding carboxylic acids is 2. The second-order valence-corrected chi connectivity index (χ2v) is 7.46. The minimum Gasteiger partial charge on any atom is -0.462 e. The fourth-order valence-corrected chi connectivity index (χ4v) is 3.91. The van der Waals surface area contributed by atoms with Crippen molar-refractivity contribution in [3.05, 3.63) is 63.3 Å². The van der Waals surface area contributed by atoms with Gasteiger partial charge in [0, 0.05) is 0 Å². The predicted molar refractivity (Wildman–Crippen MR) is 114 cm³/mol. The monoisotopic (exact) mass is 437 g/mol. The summed E-state index contributed by atoms with van der Waals surface area (Å²) in [5, 5.41) is 10.3. The first-order valence-corrected chi connectivity index (χ1v) is 10.3. The molecule has 2 aromatic heterocycles. The van der Waals surface area contributed by atoms with Gasteiger partial charge >= 0.3 is 5.97 Å². The maximum Gasteiger partial charge on any atom is 0.340 e. The number of ether oxygens (including phenoxy) is 1. The molecule has 0 aliphatic heterocycles. The number of primary amides is 1. The third kappa shape index (κ3) is 4.73. The lowest BCUT2D eigenvalue weighted by atomic mass is 10.1. The van der Waals surface area contributed by atoms with Crippen LogP contribution in [0.1, 0.15) is 34.4 Å². The first-order chi connectivity index (χ1) is 14.8. The van der Waals surface area contributed by atoms with Crippen LogP contribution >= 0.6 is 11.8 Å². The molecule has 1 aromatic carbocycles. The van der Waals surface area contributed by atoms with Crippen molar-refractivity contribution in [3.8, 4) is 6.07 Å². The van der Waals surface area contributed by atoms with Crippen LogP contribution in [0, 0.1) is 18.3 Å². The van der Waals surface area contributed by atoms with Crippen LogP contribution in [0.15, 0.2) is 40.2 Å². The van der Waals surface area contributed by atoms with Crippen LogP contribution in [0.2, 0.25) is 0 Å². The molecule has 0 aliphatic rings. The van der Waals surface area contributed by atoms with Crippen LogP contribution in [0.25, 0.3) is 10.9 Å². The number of aryl methyl sites for hydroxylation is 1. The lowest BCUT2D eigenvalue weighted by Crippen LogP contribution is -2.31. The van der Waals surface area contributed by atoms with E-state index < -0.39 is 11.9 Å². The third-order valence-corrected chi connectivity index (χ3v) is 5.37. The molecule has 31 heavy (non-hydrogen) atoms. The molecule has 2 heterocycles. The van der Waals surface area contributed by atoms with Crippen LogP contribution in [-0.4, -0.2) is 33.0 Å². The summed E-state index contributed by atoms with van der Waals surface area (Å²) in [4.78, 5) is 45.3. The number of pyridine rings is 1. The highest BCUT2D eigenvalue weighted by Gasteiger charge is 2.18. The fraction of sp³-hybridized carbons (Fsp3) is 0.238. The molecule has 0 atom stereocenters. The molecule has 0 fully saturated rings. The maximum absolute atomic E-state index is 12.8.